The van der Waals surface area contributed by atoms with Crippen molar-refractivity contribution in [3.8, 4) is 0 Å². The molecule has 0 bridgehead atoms. The molecule has 0 atom stereocenters. The Morgan fingerprint density at radius 2 is 2.28 bits per heavy atom. The minimum Gasteiger partial charge on any atom is -0.396 e. The zero-order valence-electron chi connectivity index (χ0n) is 9.88. The molecule has 18 heavy (non-hydrogen) atoms. The van der Waals surface area contributed by atoms with Gasteiger partial charge in [-0.05, 0) is 13.0 Å². The predicted octanol–water partition coefficient (Wildman–Crippen LogP) is 1.57. The summed E-state index contributed by atoms with van der Waals surface area (Å²) in [5.74, 6) is 0.454. The van der Waals surface area contributed by atoms with E-state index in [0.717, 1.165) is 0 Å². The lowest BCUT2D eigenvalue weighted by Gasteiger charge is -2.05. The number of aliphatic hydroxyl groups excluding tert-OH is 1. The number of rotatable bonds is 6. The van der Waals surface area contributed by atoms with Crippen molar-refractivity contribution in [3.05, 3.63) is 33.9 Å². The summed E-state index contributed by atoms with van der Waals surface area (Å²) in [5, 5.41) is 21.9. The van der Waals surface area contributed by atoms with Gasteiger partial charge in [-0.1, -0.05) is 6.07 Å². The van der Waals surface area contributed by atoms with Crippen LogP contribution in [0.1, 0.15) is 5.56 Å². The Bertz CT molecular complexity index is 451. The lowest BCUT2D eigenvalue weighted by atomic mass is 10.2. The Morgan fingerprint density at radius 1 is 1.56 bits per heavy atom. The summed E-state index contributed by atoms with van der Waals surface area (Å²) in [7, 11) is 0. The summed E-state index contributed by atoms with van der Waals surface area (Å²) in [6, 6.07) is 4.55. The first-order valence-electron chi connectivity index (χ1n) is 5.28. The van der Waals surface area contributed by atoms with Gasteiger partial charge < -0.3 is 10.4 Å². The topological polar surface area (TPSA) is 92.5 Å². The number of nitro groups is 1. The van der Waals surface area contributed by atoms with Gasteiger partial charge >= 0.3 is 0 Å². The Morgan fingerprint density at radius 3 is 2.89 bits per heavy atom. The highest BCUT2D eigenvalue weighted by Crippen LogP contribution is 2.22. The highest BCUT2D eigenvalue weighted by molar-refractivity contribution is 7.99. The van der Waals surface area contributed by atoms with Crippen LogP contribution in [0.3, 0.4) is 0 Å². The van der Waals surface area contributed by atoms with Crippen LogP contribution in [-0.4, -0.2) is 34.0 Å². The van der Waals surface area contributed by atoms with Crippen LogP contribution in [0, 0.1) is 17.0 Å². The first kappa shape index (κ1) is 14.5. The minimum absolute atomic E-state index is 0.0178. The van der Waals surface area contributed by atoms with Gasteiger partial charge in [0, 0.05) is 23.1 Å². The van der Waals surface area contributed by atoms with Crippen molar-refractivity contribution < 1.29 is 14.8 Å². The molecule has 0 saturated heterocycles. The fraction of sp³-hybridized carbons (Fsp3) is 0.364. The Balaban J connectivity index is 2.65. The smallest absolute Gasteiger partial charge is 0.274 e. The normalized spacial score (nSPS) is 10.1. The summed E-state index contributed by atoms with van der Waals surface area (Å²) < 4.78 is 0. The first-order chi connectivity index (χ1) is 8.54. The van der Waals surface area contributed by atoms with Crippen LogP contribution in [-0.2, 0) is 4.79 Å². The molecule has 0 radical (unpaired) electrons. The number of carbonyl (C=O) groups excluding carboxylic acids is 1. The Hall–Kier alpha value is -1.60. The molecule has 1 aromatic carbocycles. The second-order valence-electron chi connectivity index (χ2n) is 3.58. The first-order valence-corrected chi connectivity index (χ1v) is 6.43. The monoisotopic (exact) mass is 270 g/mol. The minimum atomic E-state index is -0.481. The van der Waals surface area contributed by atoms with E-state index in [4.69, 9.17) is 5.11 Å². The molecule has 7 heteroatoms. The molecule has 0 saturated carbocycles. The standard InChI is InChI=1S/C11H14N2O4S/c1-8-2-3-9(6-10(8)13(16)17)12-11(15)7-18-5-4-14/h2-3,6,14H,4-5,7H2,1H3,(H,12,15). The van der Waals surface area contributed by atoms with E-state index < -0.39 is 4.92 Å². The molecule has 6 nitrogen and oxygen atoms in total. The number of thioether (sulfide) groups is 1. The number of carbonyl (C=O) groups is 1. The third-order valence-corrected chi connectivity index (χ3v) is 3.10. The van der Waals surface area contributed by atoms with E-state index in [-0.39, 0.29) is 24.0 Å². The molecule has 2 N–H and O–H groups in total. The predicted molar refractivity (Wildman–Crippen MR) is 70.9 cm³/mol. The maximum absolute atomic E-state index is 11.5. The van der Waals surface area contributed by atoms with E-state index in [0.29, 0.717) is 17.0 Å². The van der Waals surface area contributed by atoms with E-state index in [1.807, 2.05) is 0 Å². The fourth-order valence-electron chi connectivity index (χ4n) is 1.31. The van der Waals surface area contributed by atoms with Crippen molar-refractivity contribution in [1.29, 1.82) is 0 Å². The number of benzene rings is 1. The molecule has 0 unspecified atom stereocenters. The number of amides is 1. The summed E-state index contributed by atoms with van der Waals surface area (Å²) >= 11 is 1.30. The maximum atomic E-state index is 11.5. The van der Waals surface area contributed by atoms with Crippen LogP contribution in [0.4, 0.5) is 11.4 Å². The van der Waals surface area contributed by atoms with Gasteiger partial charge in [-0.15, -0.1) is 11.8 Å². The van der Waals surface area contributed by atoms with Gasteiger partial charge in [-0.3, -0.25) is 14.9 Å². The second kappa shape index (κ2) is 6.97. The molecule has 1 aromatic rings. The van der Waals surface area contributed by atoms with Crippen LogP contribution in [0.15, 0.2) is 18.2 Å². The van der Waals surface area contributed by atoms with Gasteiger partial charge in [0.25, 0.3) is 5.69 Å². The maximum Gasteiger partial charge on any atom is 0.274 e. The number of aryl methyl sites for hydroxylation is 1. The number of aliphatic hydroxyl groups is 1. The van der Waals surface area contributed by atoms with Crippen LogP contribution in [0.25, 0.3) is 0 Å². The van der Waals surface area contributed by atoms with Crippen LogP contribution < -0.4 is 5.32 Å². The highest BCUT2D eigenvalue weighted by Gasteiger charge is 2.12. The van der Waals surface area contributed by atoms with Crippen LogP contribution in [0.2, 0.25) is 0 Å². The molecular weight excluding hydrogens is 256 g/mol. The summed E-state index contributed by atoms with van der Waals surface area (Å²) in [6.45, 7) is 1.66. The average molecular weight is 270 g/mol. The lowest BCUT2D eigenvalue weighted by molar-refractivity contribution is -0.385. The lowest BCUT2D eigenvalue weighted by Crippen LogP contribution is -2.14. The number of hydrogen-bond donors (Lipinski definition) is 2. The van der Waals surface area contributed by atoms with Gasteiger partial charge in [-0.2, -0.15) is 0 Å². The number of nitro benzene ring substituents is 1. The van der Waals surface area contributed by atoms with Crippen molar-refractivity contribution >= 4 is 29.0 Å². The van der Waals surface area contributed by atoms with Crippen LogP contribution >= 0.6 is 11.8 Å². The molecule has 98 valence electrons. The molecule has 0 heterocycles. The summed E-state index contributed by atoms with van der Waals surface area (Å²) in [4.78, 5) is 21.7. The molecular formula is C11H14N2O4S. The number of hydrogen-bond acceptors (Lipinski definition) is 5. The van der Waals surface area contributed by atoms with Gasteiger partial charge in [0.05, 0.1) is 17.3 Å². The number of anilines is 1. The van der Waals surface area contributed by atoms with Gasteiger partial charge in [0.1, 0.15) is 0 Å². The average Bonchev–Trinajstić information content (AvgIpc) is 2.31. The third kappa shape index (κ3) is 4.34. The molecule has 0 aliphatic heterocycles. The quantitative estimate of drug-likeness (QED) is 0.465. The Kier molecular flexibility index (Phi) is 5.60. The van der Waals surface area contributed by atoms with Crippen LogP contribution in [0.5, 0.6) is 0 Å². The molecule has 0 aliphatic carbocycles. The van der Waals surface area contributed by atoms with E-state index >= 15 is 0 Å². The molecule has 0 fully saturated rings. The molecule has 1 rings (SSSR count). The number of nitrogens with one attached hydrogen (secondary N) is 1. The van der Waals surface area contributed by atoms with Gasteiger partial charge in [0.15, 0.2) is 0 Å². The van der Waals surface area contributed by atoms with Crippen molar-refractivity contribution in [2.24, 2.45) is 0 Å². The SMILES string of the molecule is Cc1ccc(NC(=O)CSCCO)cc1[N+](=O)[O-]. The Labute approximate surface area is 109 Å². The van der Waals surface area contributed by atoms with Crippen molar-refractivity contribution in [2.75, 3.05) is 23.4 Å². The highest BCUT2D eigenvalue weighted by atomic mass is 32.2. The number of nitrogens with zero attached hydrogens (tertiary/aromatic N) is 1. The zero-order chi connectivity index (χ0) is 13.5. The second-order valence-corrected chi connectivity index (χ2v) is 4.69. The van der Waals surface area contributed by atoms with Gasteiger partial charge in [0.2, 0.25) is 5.91 Å². The van der Waals surface area contributed by atoms with E-state index in [1.54, 1.807) is 19.1 Å². The largest absolute Gasteiger partial charge is 0.396 e. The zero-order valence-corrected chi connectivity index (χ0v) is 10.7. The van der Waals surface area contributed by atoms with E-state index in [2.05, 4.69) is 5.32 Å². The van der Waals surface area contributed by atoms with Gasteiger partial charge in [-0.25, -0.2) is 0 Å². The summed E-state index contributed by atoms with van der Waals surface area (Å²) in [5.41, 5.74) is 0.936. The molecule has 0 spiro atoms. The van der Waals surface area contributed by atoms with Crippen molar-refractivity contribution in [3.63, 3.8) is 0 Å². The van der Waals surface area contributed by atoms with E-state index in [1.165, 1.54) is 17.8 Å². The fourth-order valence-corrected chi connectivity index (χ4v) is 1.84. The molecule has 0 aliphatic rings. The van der Waals surface area contributed by atoms with Crippen molar-refractivity contribution in [1.82, 2.24) is 0 Å². The molecule has 1 amide bonds. The summed E-state index contributed by atoms with van der Waals surface area (Å²) in [6.07, 6.45) is 0. The van der Waals surface area contributed by atoms with E-state index in [9.17, 15) is 14.9 Å². The molecule has 0 aromatic heterocycles. The van der Waals surface area contributed by atoms with Crippen molar-refractivity contribution in [2.45, 2.75) is 6.92 Å². The third-order valence-electron chi connectivity index (χ3n) is 2.16.